The van der Waals surface area contributed by atoms with E-state index in [1.165, 1.54) is 18.2 Å². The number of rotatable bonds is 3. The monoisotopic (exact) mass is 361 g/mol. The maximum Gasteiger partial charge on any atom is 0.193 e. The molecule has 0 bridgehead atoms. The van der Waals surface area contributed by atoms with Gasteiger partial charge in [-0.25, -0.2) is 17.7 Å². The fraction of sp³-hybridized carbons (Fsp3) is 0.278. The van der Waals surface area contributed by atoms with Crippen molar-refractivity contribution in [3.63, 3.8) is 0 Å². The van der Waals surface area contributed by atoms with Crippen LogP contribution in [0.5, 0.6) is 11.5 Å². The molecule has 0 aliphatic heterocycles. The van der Waals surface area contributed by atoms with Gasteiger partial charge in [0.25, 0.3) is 0 Å². The van der Waals surface area contributed by atoms with E-state index >= 15 is 0 Å². The Morgan fingerprint density at radius 2 is 2.04 bits per heavy atom. The number of ether oxygens (including phenoxy) is 1. The first-order valence-electron chi connectivity index (χ1n) is 7.60. The van der Waals surface area contributed by atoms with Crippen molar-refractivity contribution in [2.75, 3.05) is 6.26 Å². The fourth-order valence-electron chi connectivity index (χ4n) is 3.09. The lowest BCUT2D eigenvalue weighted by Crippen LogP contribution is -2.08. The third-order valence-electron chi connectivity index (χ3n) is 4.25. The van der Waals surface area contributed by atoms with Crippen molar-refractivity contribution in [1.29, 1.82) is 0 Å². The fourth-order valence-corrected chi connectivity index (χ4v) is 4.05. The van der Waals surface area contributed by atoms with Crippen molar-refractivity contribution < 1.29 is 22.7 Å². The molecule has 0 amide bonds. The molecule has 0 heterocycles. The predicted octanol–water partition coefficient (Wildman–Crippen LogP) is 3.80. The highest BCUT2D eigenvalue weighted by molar-refractivity contribution is 7.90. The Kier molecular flexibility index (Phi) is 4.27. The van der Waals surface area contributed by atoms with Gasteiger partial charge in [-0.3, -0.25) is 0 Å². The van der Waals surface area contributed by atoms with Gasteiger partial charge in [0.1, 0.15) is 17.3 Å². The zero-order valence-electron chi connectivity index (χ0n) is 13.7. The summed E-state index contributed by atoms with van der Waals surface area (Å²) in [5.41, 5.74) is 1.04. The van der Waals surface area contributed by atoms with E-state index in [1.807, 2.05) is 6.92 Å². The molecule has 0 radical (unpaired) electrons. The van der Waals surface area contributed by atoms with Gasteiger partial charge in [-0.05, 0) is 36.6 Å². The quantitative estimate of drug-likeness (QED) is 0.845. The summed E-state index contributed by atoms with van der Waals surface area (Å²) in [4.78, 5) is 3.26. The van der Waals surface area contributed by atoms with Gasteiger partial charge in [-0.15, -0.1) is 0 Å². The lowest BCUT2D eigenvalue weighted by molar-refractivity contribution is 0.130. The van der Waals surface area contributed by atoms with E-state index in [0.29, 0.717) is 23.3 Å². The van der Waals surface area contributed by atoms with Gasteiger partial charge in [0, 0.05) is 23.4 Å². The van der Waals surface area contributed by atoms with Gasteiger partial charge in [0.15, 0.2) is 15.5 Å². The van der Waals surface area contributed by atoms with Crippen LogP contribution in [0.2, 0.25) is 0 Å². The molecule has 3 rings (SSSR count). The van der Waals surface area contributed by atoms with Crippen LogP contribution in [0.3, 0.4) is 0 Å². The molecule has 0 unspecified atom stereocenters. The van der Waals surface area contributed by atoms with Crippen LogP contribution >= 0.6 is 0 Å². The van der Waals surface area contributed by atoms with Crippen LogP contribution in [-0.4, -0.2) is 19.8 Å². The Morgan fingerprint density at radius 1 is 1.32 bits per heavy atom. The molecule has 2 aromatic rings. The van der Waals surface area contributed by atoms with Crippen LogP contribution in [0.4, 0.5) is 10.1 Å². The van der Waals surface area contributed by atoms with Crippen LogP contribution in [0, 0.1) is 18.3 Å². The van der Waals surface area contributed by atoms with Crippen molar-refractivity contribution in [2.45, 2.75) is 24.3 Å². The molecule has 25 heavy (non-hydrogen) atoms. The first kappa shape index (κ1) is 17.4. The maximum atomic E-state index is 13.6. The van der Waals surface area contributed by atoms with E-state index in [9.17, 15) is 17.9 Å². The summed E-state index contributed by atoms with van der Waals surface area (Å²) in [5, 5.41) is 10.4. The summed E-state index contributed by atoms with van der Waals surface area (Å²) in [6.45, 7) is 8.81. The number of hydrogen-bond donors (Lipinski definition) is 1. The van der Waals surface area contributed by atoms with Crippen LogP contribution in [0.1, 0.15) is 24.2 Å². The molecular weight excluding hydrogens is 345 g/mol. The number of halogens is 1. The Morgan fingerprint density at radius 3 is 2.68 bits per heavy atom. The molecule has 130 valence electrons. The third-order valence-corrected chi connectivity index (χ3v) is 5.40. The average molecular weight is 361 g/mol. The first-order chi connectivity index (χ1) is 11.7. The maximum absolute atomic E-state index is 13.6. The van der Waals surface area contributed by atoms with Crippen molar-refractivity contribution in [1.82, 2.24) is 0 Å². The van der Waals surface area contributed by atoms with Crippen LogP contribution in [0.25, 0.3) is 4.85 Å². The van der Waals surface area contributed by atoms with Gasteiger partial charge in [-0.1, -0.05) is 6.92 Å². The molecule has 1 N–H and O–H groups in total. The van der Waals surface area contributed by atoms with Gasteiger partial charge in [-0.2, -0.15) is 0 Å². The second-order valence-corrected chi connectivity index (χ2v) is 8.20. The molecule has 0 spiro atoms. The highest BCUT2D eigenvalue weighted by atomic mass is 32.2. The molecule has 0 saturated heterocycles. The topological polar surface area (TPSA) is 68.0 Å². The zero-order chi connectivity index (χ0) is 18.4. The smallest absolute Gasteiger partial charge is 0.193 e. The van der Waals surface area contributed by atoms with E-state index in [-0.39, 0.29) is 22.3 Å². The standard InChI is InChI=1S/C18H16FNO4S/c1-10-6-14-15(24-13-8-11(19)7-12(9-13)20-2)4-5-16(25(3,22)23)17(14)18(10)21/h4-5,7-10,18,21H,6H2,1,3H3/t10-,18-/m0/s1. The van der Waals surface area contributed by atoms with E-state index < -0.39 is 21.8 Å². The number of sulfone groups is 1. The molecule has 0 fully saturated rings. The van der Waals surface area contributed by atoms with Gasteiger partial charge >= 0.3 is 0 Å². The van der Waals surface area contributed by atoms with Crippen molar-refractivity contribution in [3.8, 4) is 11.5 Å². The van der Waals surface area contributed by atoms with Gasteiger partial charge in [0.05, 0.1) is 17.6 Å². The molecular formula is C18H16FNO4S. The van der Waals surface area contributed by atoms with Gasteiger partial charge < -0.3 is 9.84 Å². The molecule has 2 atom stereocenters. The van der Waals surface area contributed by atoms with Crippen molar-refractivity contribution in [3.05, 3.63) is 58.7 Å². The minimum absolute atomic E-state index is 0.0767. The number of nitrogens with zero attached hydrogens (tertiary/aromatic N) is 1. The van der Waals surface area contributed by atoms with E-state index in [4.69, 9.17) is 11.3 Å². The normalized spacial score (nSPS) is 19.3. The minimum Gasteiger partial charge on any atom is -0.458 e. The lowest BCUT2D eigenvalue weighted by atomic mass is 10.1. The lowest BCUT2D eigenvalue weighted by Gasteiger charge is -2.15. The zero-order valence-corrected chi connectivity index (χ0v) is 14.5. The van der Waals surface area contributed by atoms with Crippen LogP contribution < -0.4 is 4.74 Å². The van der Waals surface area contributed by atoms with Crippen molar-refractivity contribution >= 4 is 15.5 Å². The highest BCUT2D eigenvalue weighted by Crippen LogP contribution is 2.45. The van der Waals surface area contributed by atoms with Crippen LogP contribution in [0.15, 0.2) is 35.2 Å². The van der Waals surface area contributed by atoms with E-state index in [1.54, 1.807) is 0 Å². The van der Waals surface area contributed by atoms with E-state index in [0.717, 1.165) is 18.4 Å². The van der Waals surface area contributed by atoms with Crippen LogP contribution in [-0.2, 0) is 16.3 Å². The summed E-state index contributed by atoms with van der Waals surface area (Å²) < 4.78 is 43.3. The Hall–Kier alpha value is -2.43. The van der Waals surface area contributed by atoms with E-state index in [2.05, 4.69) is 4.85 Å². The molecule has 5 nitrogen and oxygen atoms in total. The minimum atomic E-state index is -3.51. The number of benzene rings is 2. The Labute approximate surface area is 145 Å². The summed E-state index contributed by atoms with van der Waals surface area (Å²) in [5.74, 6) is -0.255. The predicted molar refractivity (Wildman–Crippen MR) is 90.1 cm³/mol. The third kappa shape index (κ3) is 3.23. The number of fused-ring (bicyclic) bond motifs is 1. The Bertz CT molecular complexity index is 995. The Balaban J connectivity index is 2.11. The molecule has 0 saturated carbocycles. The number of aliphatic hydroxyl groups is 1. The SMILES string of the molecule is [C-]#[N+]c1cc(F)cc(Oc2ccc(S(C)(=O)=O)c3c2C[C@H](C)[C@@H]3O)c1. The summed E-state index contributed by atoms with van der Waals surface area (Å²) in [7, 11) is -3.51. The number of aliphatic hydroxyl groups excluding tert-OH is 1. The largest absolute Gasteiger partial charge is 0.458 e. The second-order valence-electron chi connectivity index (χ2n) is 6.21. The molecule has 7 heteroatoms. The molecule has 1 aliphatic carbocycles. The highest BCUT2D eigenvalue weighted by Gasteiger charge is 2.35. The summed E-state index contributed by atoms with van der Waals surface area (Å²) >= 11 is 0. The van der Waals surface area contributed by atoms with Crippen molar-refractivity contribution in [2.24, 2.45) is 5.92 Å². The molecule has 0 aromatic heterocycles. The summed E-state index contributed by atoms with van der Waals surface area (Å²) in [6, 6.07) is 6.55. The average Bonchev–Trinajstić information content (AvgIpc) is 2.82. The first-order valence-corrected chi connectivity index (χ1v) is 9.49. The van der Waals surface area contributed by atoms with Gasteiger partial charge in [0.2, 0.25) is 0 Å². The molecule has 1 aliphatic rings. The number of hydrogen-bond acceptors (Lipinski definition) is 4. The molecule has 2 aromatic carbocycles. The summed E-state index contributed by atoms with van der Waals surface area (Å²) in [6.07, 6.45) is 0.628. The second kappa shape index (κ2) is 6.14.